The Morgan fingerprint density at radius 3 is 2.29 bits per heavy atom. The van der Waals surface area contributed by atoms with Gasteiger partial charge in [0.1, 0.15) is 11.6 Å². The molecule has 0 saturated carbocycles. The molecular weight excluding hydrogens is 492 g/mol. The molecule has 0 N–H and O–H groups in total. The third kappa shape index (κ3) is 6.26. The molecule has 2 saturated heterocycles. The first kappa shape index (κ1) is 25.7. The van der Waals surface area contributed by atoms with Crippen LogP contribution in [0.4, 0.5) is 4.39 Å². The summed E-state index contributed by atoms with van der Waals surface area (Å²) in [6, 6.07) is 10.8. The summed E-state index contributed by atoms with van der Waals surface area (Å²) in [5, 5.41) is 0.601. The van der Waals surface area contributed by atoms with E-state index in [1.807, 2.05) is 11.9 Å². The van der Waals surface area contributed by atoms with Crippen LogP contribution in [0.15, 0.2) is 42.5 Å². The number of piperazine rings is 1. The Balaban J connectivity index is 1.55. The number of amides is 2. The van der Waals surface area contributed by atoms with Gasteiger partial charge in [0.05, 0.1) is 22.2 Å². The topological polar surface area (TPSA) is 53.1 Å². The highest BCUT2D eigenvalue weighted by Gasteiger charge is 2.41. The lowest BCUT2D eigenvalue weighted by atomic mass is 9.77. The van der Waals surface area contributed by atoms with Gasteiger partial charge < -0.3 is 19.4 Å². The number of ether oxygens (including phenoxy) is 1. The minimum absolute atomic E-state index is 0.0610. The Hall–Kier alpha value is -2.35. The van der Waals surface area contributed by atoms with E-state index >= 15 is 0 Å². The van der Waals surface area contributed by atoms with Crippen LogP contribution >= 0.6 is 23.2 Å². The Labute approximate surface area is 215 Å². The first-order chi connectivity index (χ1) is 16.8. The standard InChI is InChI=1S/C26H30Cl2FN3O3/c1-30-12-14-31(15-13-30)23(33)16-26(18-35-20-8-6-19(29)7-9-20)10-3-11-32(17-26)25(34)24-21(27)4-2-5-22(24)28/h2,4-9H,3,10-18H2,1H3/t26-/m0/s1. The third-order valence-corrected chi connectivity index (χ3v) is 7.50. The fourth-order valence-electron chi connectivity index (χ4n) is 4.81. The zero-order valence-corrected chi connectivity index (χ0v) is 21.3. The predicted molar refractivity (Wildman–Crippen MR) is 135 cm³/mol. The number of hydrogen-bond donors (Lipinski definition) is 0. The summed E-state index contributed by atoms with van der Waals surface area (Å²) < 4.78 is 19.4. The summed E-state index contributed by atoms with van der Waals surface area (Å²) in [5.41, 5.74) is -0.312. The van der Waals surface area contributed by atoms with Gasteiger partial charge in [0.2, 0.25) is 5.91 Å². The van der Waals surface area contributed by atoms with Crippen molar-refractivity contribution in [1.82, 2.24) is 14.7 Å². The molecule has 2 aromatic rings. The Morgan fingerprint density at radius 2 is 1.63 bits per heavy atom. The van der Waals surface area contributed by atoms with Gasteiger partial charge in [0.25, 0.3) is 5.91 Å². The van der Waals surface area contributed by atoms with Crippen LogP contribution in [0, 0.1) is 11.2 Å². The fraction of sp³-hybridized carbons (Fsp3) is 0.462. The molecule has 0 bridgehead atoms. The lowest BCUT2D eigenvalue weighted by molar-refractivity contribution is -0.137. The van der Waals surface area contributed by atoms with Gasteiger partial charge in [-0.05, 0) is 56.3 Å². The van der Waals surface area contributed by atoms with Gasteiger partial charge in [-0.3, -0.25) is 9.59 Å². The van der Waals surface area contributed by atoms with Crippen molar-refractivity contribution in [3.63, 3.8) is 0 Å². The lowest BCUT2D eigenvalue weighted by Crippen LogP contribution is -2.53. The molecule has 35 heavy (non-hydrogen) atoms. The van der Waals surface area contributed by atoms with Crippen LogP contribution in [0.25, 0.3) is 0 Å². The van der Waals surface area contributed by atoms with E-state index in [2.05, 4.69) is 4.90 Å². The fourth-order valence-corrected chi connectivity index (χ4v) is 5.37. The summed E-state index contributed by atoms with van der Waals surface area (Å²) in [6.07, 6.45) is 1.71. The Morgan fingerprint density at radius 1 is 0.971 bits per heavy atom. The second-order valence-corrected chi connectivity index (χ2v) is 10.3. The molecular formula is C26H30Cl2FN3O3. The smallest absolute Gasteiger partial charge is 0.256 e. The Bertz CT molecular complexity index is 1040. The molecule has 0 aromatic heterocycles. The van der Waals surface area contributed by atoms with E-state index in [0.717, 1.165) is 25.9 Å². The van der Waals surface area contributed by atoms with Gasteiger partial charge >= 0.3 is 0 Å². The monoisotopic (exact) mass is 521 g/mol. The van der Waals surface area contributed by atoms with Gasteiger partial charge in [0.15, 0.2) is 0 Å². The first-order valence-corrected chi connectivity index (χ1v) is 12.6. The Kier molecular flexibility index (Phi) is 8.19. The first-order valence-electron chi connectivity index (χ1n) is 11.8. The van der Waals surface area contributed by atoms with Crippen molar-refractivity contribution in [2.75, 3.05) is 52.9 Å². The highest BCUT2D eigenvalue weighted by molar-refractivity contribution is 6.39. The van der Waals surface area contributed by atoms with Gasteiger partial charge in [-0.25, -0.2) is 4.39 Å². The molecule has 2 aromatic carbocycles. The molecule has 2 fully saturated rings. The van der Waals surface area contributed by atoms with Crippen molar-refractivity contribution in [2.45, 2.75) is 19.3 Å². The molecule has 0 aliphatic carbocycles. The molecule has 0 spiro atoms. The minimum Gasteiger partial charge on any atom is -0.493 e. The maximum Gasteiger partial charge on any atom is 0.256 e. The van der Waals surface area contributed by atoms with Crippen molar-refractivity contribution in [1.29, 1.82) is 0 Å². The average molecular weight is 522 g/mol. The third-order valence-electron chi connectivity index (χ3n) is 6.87. The van der Waals surface area contributed by atoms with Crippen LogP contribution in [0.2, 0.25) is 10.0 Å². The second kappa shape index (κ2) is 11.1. The summed E-state index contributed by atoms with van der Waals surface area (Å²) in [5.74, 6) is -0.0110. The zero-order chi connectivity index (χ0) is 25.0. The maximum atomic E-state index is 13.4. The van der Waals surface area contributed by atoms with Crippen molar-refractivity contribution in [2.24, 2.45) is 5.41 Å². The number of likely N-dealkylation sites (tertiary alicyclic amines) is 1. The van der Waals surface area contributed by atoms with Crippen LogP contribution in [0.1, 0.15) is 29.6 Å². The normalized spacial score (nSPS) is 21.1. The van der Waals surface area contributed by atoms with E-state index in [1.54, 1.807) is 35.2 Å². The zero-order valence-electron chi connectivity index (χ0n) is 19.8. The molecule has 2 amide bonds. The number of carbonyl (C=O) groups excluding carboxylic acids is 2. The second-order valence-electron chi connectivity index (χ2n) is 9.53. The molecule has 2 aliphatic rings. The number of benzene rings is 2. The highest BCUT2D eigenvalue weighted by atomic mass is 35.5. The number of carbonyl (C=O) groups is 2. The molecule has 188 valence electrons. The van der Waals surface area contributed by atoms with Crippen molar-refractivity contribution < 1.29 is 18.7 Å². The number of rotatable bonds is 6. The van der Waals surface area contributed by atoms with E-state index in [1.165, 1.54) is 12.1 Å². The quantitative estimate of drug-likeness (QED) is 0.557. The van der Waals surface area contributed by atoms with Crippen molar-refractivity contribution in [3.05, 3.63) is 63.9 Å². The number of likely N-dealkylation sites (N-methyl/N-ethyl adjacent to an activating group) is 1. The molecule has 1 atom stereocenters. The van der Waals surface area contributed by atoms with Crippen LogP contribution in [-0.4, -0.2) is 79.4 Å². The maximum absolute atomic E-state index is 13.4. The van der Waals surface area contributed by atoms with E-state index in [-0.39, 0.29) is 36.2 Å². The predicted octanol–water partition coefficient (Wildman–Crippen LogP) is 4.60. The number of nitrogens with zero attached hydrogens (tertiary/aromatic N) is 3. The van der Waals surface area contributed by atoms with E-state index < -0.39 is 5.41 Å². The molecule has 0 unspecified atom stereocenters. The van der Waals surface area contributed by atoms with Gasteiger partial charge in [-0.1, -0.05) is 29.3 Å². The van der Waals surface area contributed by atoms with Crippen molar-refractivity contribution in [3.8, 4) is 5.75 Å². The SMILES string of the molecule is CN1CCN(C(=O)C[C@@]2(COc3ccc(F)cc3)CCCN(C(=O)c3c(Cl)cccc3Cl)C2)CC1. The molecule has 0 radical (unpaired) electrons. The van der Waals surface area contributed by atoms with Gasteiger partial charge in [0, 0.05) is 51.1 Å². The van der Waals surface area contributed by atoms with Crippen LogP contribution in [0.3, 0.4) is 0 Å². The number of halogens is 3. The molecule has 9 heteroatoms. The molecule has 4 rings (SSSR count). The van der Waals surface area contributed by atoms with Crippen LogP contribution in [0.5, 0.6) is 5.75 Å². The largest absolute Gasteiger partial charge is 0.493 e. The summed E-state index contributed by atoms with van der Waals surface area (Å²) in [4.78, 5) is 32.6. The summed E-state index contributed by atoms with van der Waals surface area (Å²) in [7, 11) is 2.05. The molecule has 2 heterocycles. The minimum atomic E-state index is -0.587. The number of hydrogen-bond acceptors (Lipinski definition) is 4. The van der Waals surface area contributed by atoms with Gasteiger partial charge in [-0.15, -0.1) is 0 Å². The summed E-state index contributed by atoms with van der Waals surface area (Å²) >= 11 is 12.6. The van der Waals surface area contributed by atoms with E-state index in [4.69, 9.17) is 27.9 Å². The summed E-state index contributed by atoms with van der Waals surface area (Å²) in [6.45, 7) is 4.15. The highest BCUT2D eigenvalue weighted by Crippen LogP contribution is 2.37. The van der Waals surface area contributed by atoms with Crippen molar-refractivity contribution >= 4 is 35.0 Å². The van der Waals surface area contributed by atoms with Crippen LogP contribution in [-0.2, 0) is 4.79 Å². The van der Waals surface area contributed by atoms with E-state index in [9.17, 15) is 14.0 Å². The van der Waals surface area contributed by atoms with Crippen LogP contribution < -0.4 is 4.74 Å². The van der Waals surface area contributed by atoms with Gasteiger partial charge in [-0.2, -0.15) is 0 Å². The lowest BCUT2D eigenvalue weighted by Gasteiger charge is -2.43. The average Bonchev–Trinajstić information content (AvgIpc) is 2.84. The van der Waals surface area contributed by atoms with E-state index in [0.29, 0.717) is 42.0 Å². The number of piperidine rings is 1. The molecule has 2 aliphatic heterocycles. The molecule has 6 nitrogen and oxygen atoms in total.